The molecule has 0 radical (unpaired) electrons. The standard InChI is InChI=1S/C11H10ClN5O3S3/c1-6(18)13-10-15-16-11(22-10)23(19,20)17-9(21)14-8-4-2-7(12)3-5-8/h2-5H,1H3,(H,13,15,18)(H2,14,17,21). The molecule has 0 aliphatic carbocycles. The molecule has 0 saturated carbocycles. The number of amides is 1. The van der Waals surface area contributed by atoms with Gasteiger partial charge in [0, 0.05) is 17.6 Å². The Morgan fingerprint density at radius 3 is 2.48 bits per heavy atom. The van der Waals surface area contributed by atoms with Crippen LogP contribution in [0.15, 0.2) is 28.6 Å². The fourth-order valence-electron chi connectivity index (χ4n) is 1.37. The number of sulfonamides is 1. The second-order valence-electron chi connectivity index (χ2n) is 4.12. The van der Waals surface area contributed by atoms with Crippen LogP contribution in [0.4, 0.5) is 10.8 Å². The van der Waals surface area contributed by atoms with Crippen molar-refractivity contribution < 1.29 is 13.2 Å². The molecule has 0 spiro atoms. The molecular weight excluding hydrogens is 382 g/mol. The summed E-state index contributed by atoms with van der Waals surface area (Å²) < 4.78 is 26.1. The molecular formula is C11H10ClN5O3S3. The monoisotopic (exact) mass is 391 g/mol. The number of nitrogens with one attached hydrogen (secondary N) is 3. The van der Waals surface area contributed by atoms with Crippen LogP contribution in [0.25, 0.3) is 0 Å². The van der Waals surface area contributed by atoms with E-state index in [2.05, 4.69) is 25.6 Å². The number of benzene rings is 1. The quantitative estimate of drug-likeness (QED) is 0.538. The predicted octanol–water partition coefficient (Wildman–Crippen LogP) is 1.83. The van der Waals surface area contributed by atoms with E-state index >= 15 is 0 Å². The van der Waals surface area contributed by atoms with Crippen LogP contribution in [0, 0.1) is 0 Å². The van der Waals surface area contributed by atoms with Crippen molar-refractivity contribution in [1.29, 1.82) is 0 Å². The zero-order valence-corrected chi connectivity index (χ0v) is 14.7. The minimum absolute atomic E-state index is 0.0782. The Hall–Kier alpha value is -1.82. The Labute approximate surface area is 146 Å². The van der Waals surface area contributed by atoms with Crippen molar-refractivity contribution >= 4 is 67.0 Å². The first-order valence-electron chi connectivity index (χ1n) is 5.97. The van der Waals surface area contributed by atoms with E-state index in [0.29, 0.717) is 22.0 Å². The van der Waals surface area contributed by atoms with E-state index in [0.717, 1.165) is 0 Å². The van der Waals surface area contributed by atoms with Crippen LogP contribution in [-0.2, 0) is 14.8 Å². The summed E-state index contributed by atoms with van der Waals surface area (Å²) in [5.74, 6) is -0.377. The molecule has 0 bridgehead atoms. The molecule has 12 heteroatoms. The number of carbonyl (C=O) groups is 1. The maximum Gasteiger partial charge on any atom is 0.292 e. The highest BCUT2D eigenvalue weighted by Gasteiger charge is 2.21. The van der Waals surface area contributed by atoms with E-state index < -0.39 is 10.0 Å². The molecule has 0 saturated heterocycles. The van der Waals surface area contributed by atoms with E-state index in [-0.39, 0.29) is 20.5 Å². The van der Waals surface area contributed by atoms with Crippen molar-refractivity contribution in [3.8, 4) is 0 Å². The third kappa shape index (κ3) is 5.10. The van der Waals surface area contributed by atoms with Crippen LogP contribution < -0.4 is 15.4 Å². The Morgan fingerprint density at radius 1 is 1.22 bits per heavy atom. The van der Waals surface area contributed by atoms with Crippen molar-refractivity contribution in [2.24, 2.45) is 0 Å². The van der Waals surface area contributed by atoms with Gasteiger partial charge in [0.15, 0.2) is 5.11 Å². The number of hydrogen-bond acceptors (Lipinski definition) is 7. The molecule has 3 N–H and O–H groups in total. The molecule has 1 amide bonds. The Balaban J connectivity index is 2.05. The van der Waals surface area contributed by atoms with Gasteiger partial charge in [-0.15, -0.1) is 10.2 Å². The average molecular weight is 392 g/mol. The van der Waals surface area contributed by atoms with Gasteiger partial charge < -0.3 is 10.6 Å². The SMILES string of the molecule is CC(=O)Nc1nnc(S(=O)(=O)NC(=S)Nc2ccc(Cl)cc2)s1. The zero-order valence-electron chi connectivity index (χ0n) is 11.5. The lowest BCUT2D eigenvalue weighted by molar-refractivity contribution is -0.114. The zero-order chi connectivity index (χ0) is 17.0. The molecule has 122 valence electrons. The number of aromatic nitrogens is 2. The topological polar surface area (TPSA) is 113 Å². The van der Waals surface area contributed by atoms with Crippen molar-refractivity contribution in [3.63, 3.8) is 0 Å². The summed E-state index contributed by atoms with van der Waals surface area (Å²) in [5, 5.41) is 12.6. The van der Waals surface area contributed by atoms with Gasteiger partial charge in [-0.05, 0) is 36.5 Å². The van der Waals surface area contributed by atoms with E-state index in [9.17, 15) is 13.2 Å². The van der Waals surface area contributed by atoms with E-state index in [4.69, 9.17) is 23.8 Å². The summed E-state index contributed by atoms with van der Waals surface area (Å²) in [6.07, 6.45) is 0. The lowest BCUT2D eigenvalue weighted by atomic mass is 10.3. The fraction of sp³-hybridized carbons (Fsp3) is 0.0909. The van der Waals surface area contributed by atoms with Gasteiger partial charge in [0.05, 0.1) is 0 Å². The lowest BCUT2D eigenvalue weighted by Crippen LogP contribution is -2.34. The van der Waals surface area contributed by atoms with Crippen molar-refractivity contribution in [1.82, 2.24) is 14.9 Å². The van der Waals surface area contributed by atoms with Crippen molar-refractivity contribution in [2.75, 3.05) is 10.6 Å². The van der Waals surface area contributed by atoms with Gasteiger partial charge in [0.2, 0.25) is 11.0 Å². The van der Waals surface area contributed by atoms with Gasteiger partial charge in [0.1, 0.15) is 0 Å². The molecule has 0 atom stereocenters. The first kappa shape index (κ1) is 17.5. The normalized spacial score (nSPS) is 10.9. The molecule has 2 aromatic rings. The predicted molar refractivity (Wildman–Crippen MR) is 92.2 cm³/mol. The van der Waals surface area contributed by atoms with Crippen LogP contribution in [0.5, 0.6) is 0 Å². The van der Waals surface area contributed by atoms with E-state index in [1.54, 1.807) is 24.3 Å². The molecule has 2 rings (SSSR count). The average Bonchev–Trinajstić information content (AvgIpc) is 2.89. The number of thiocarbonyl (C=S) groups is 1. The second kappa shape index (κ2) is 7.17. The summed E-state index contributed by atoms with van der Waals surface area (Å²) in [7, 11) is -3.99. The Morgan fingerprint density at radius 2 is 1.87 bits per heavy atom. The molecule has 1 heterocycles. The van der Waals surface area contributed by atoms with Gasteiger partial charge in [-0.1, -0.05) is 22.9 Å². The second-order valence-corrected chi connectivity index (χ2v) is 7.80. The number of carbonyl (C=O) groups excluding carboxylic acids is 1. The van der Waals surface area contributed by atoms with Crippen LogP contribution in [0.3, 0.4) is 0 Å². The highest BCUT2D eigenvalue weighted by atomic mass is 35.5. The molecule has 0 fully saturated rings. The summed E-state index contributed by atoms with van der Waals surface area (Å²) in [6.45, 7) is 1.28. The number of rotatable bonds is 4. The van der Waals surface area contributed by atoms with Gasteiger partial charge in [0.25, 0.3) is 14.4 Å². The number of halogens is 1. The first-order valence-corrected chi connectivity index (χ1v) is 9.05. The summed E-state index contributed by atoms with van der Waals surface area (Å²) in [6, 6.07) is 6.54. The minimum Gasteiger partial charge on any atom is -0.332 e. The van der Waals surface area contributed by atoms with Crippen LogP contribution in [0.1, 0.15) is 6.92 Å². The molecule has 8 nitrogen and oxygen atoms in total. The lowest BCUT2D eigenvalue weighted by Gasteiger charge is -2.09. The van der Waals surface area contributed by atoms with E-state index in [1.807, 2.05) is 0 Å². The number of nitrogens with zero attached hydrogens (tertiary/aromatic N) is 2. The van der Waals surface area contributed by atoms with Crippen LogP contribution >= 0.6 is 35.2 Å². The highest BCUT2D eigenvalue weighted by Crippen LogP contribution is 2.20. The Bertz CT molecular complexity index is 835. The molecule has 0 unspecified atom stereocenters. The molecule has 0 aliphatic rings. The smallest absolute Gasteiger partial charge is 0.292 e. The largest absolute Gasteiger partial charge is 0.332 e. The van der Waals surface area contributed by atoms with Gasteiger partial charge in [-0.25, -0.2) is 0 Å². The highest BCUT2D eigenvalue weighted by molar-refractivity contribution is 7.93. The van der Waals surface area contributed by atoms with Crippen molar-refractivity contribution in [2.45, 2.75) is 11.3 Å². The summed E-state index contributed by atoms with van der Waals surface area (Å²) in [5.41, 5.74) is 0.568. The molecule has 23 heavy (non-hydrogen) atoms. The van der Waals surface area contributed by atoms with Gasteiger partial charge >= 0.3 is 0 Å². The van der Waals surface area contributed by atoms with Crippen LogP contribution in [0.2, 0.25) is 5.02 Å². The van der Waals surface area contributed by atoms with Crippen molar-refractivity contribution in [3.05, 3.63) is 29.3 Å². The fourth-order valence-corrected chi connectivity index (χ4v) is 3.80. The summed E-state index contributed by atoms with van der Waals surface area (Å²) >= 11 is 11.4. The maximum absolute atomic E-state index is 12.1. The van der Waals surface area contributed by atoms with Gasteiger partial charge in [-0.2, -0.15) is 8.42 Å². The molecule has 0 aliphatic heterocycles. The van der Waals surface area contributed by atoms with E-state index in [1.165, 1.54) is 6.92 Å². The maximum atomic E-state index is 12.1. The third-order valence-corrected chi connectivity index (χ3v) is 5.39. The third-order valence-electron chi connectivity index (χ3n) is 2.25. The number of anilines is 2. The minimum atomic E-state index is -3.99. The first-order chi connectivity index (χ1) is 10.8. The summed E-state index contributed by atoms with van der Waals surface area (Å²) in [4.78, 5) is 10.9. The Kier molecular flexibility index (Phi) is 5.46. The molecule has 1 aromatic heterocycles. The van der Waals surface area contributed by atoms with Crippen LogP contribution in [-0.4, -0.2) is 29.6 Å². The van der Waals surface area contributed by atoms with Gasteiger partial charge in [-0.3, -0.25) is 9.52 Å². The number of hydrogen-bond donors (Lipinski definition) is 3. The molecule has 1 aromatic carbocycles.